The van der Waals surface area contributed by atoms with Gasteiger partial charge < -0.3 is 4.79 Å². The summed E-state index contributed by atoms with van der Waals surface area (Å²) in [6.07, 6.45) is -3.94. The van der Waals surface area contributed by atoms with E-state index in [0.717, 1.165) is 11.9 Å². The molecule has 0 aliphatic heterocycles. The molecule has 0 aromatic heterocycles. The molecule has 0 N–H and O–H groups in total. The van der Waals surface area contributed by atoms with Crippen LogP contribution in [0.5, 0.6) is 0 Å². The van der Waals surface area contributed by atoms with E-state index in [4.69, 9.17) is 0 Å². The van der Waals surface area contributed by atoms with Crippen molar-refractivity contribution in [1.82, 2.24) is 5.01 Å². The molecule has 3 nitrogen and oxygen atoms in total. The molecule has 0 spiro atoms. The van der Waals surface area contributed by atoms with Crippen molar-refractivity contribution >= 4 is 12.0 Å². The van der Waals surface area contributed by atoms with E-state index in [1.807, 2.05) is 0 Å². The van der Waals surface area contributed by atoms with Crippen LogP contribution in [0.1, 0.15) is 6.92 Å². The predicted octanol–water partition coefficient (Wildman–Crippen LogP) is 1.06. The van der Waals surface area contributed by atoms with Crippen LogP contribution in [-0.2, 0) is 4.79 Å². The predicted molar refractivity (Wildman–Crippen MR) is 37.9 cm³/mol. The smallest absolute Gasteiger partial charge is 0.301 e. The number of hydrogen-bond acceptors (Lipinski definition) is 3. The quantitative estimate of drug-likeness (QED) is 0.371. The standard InChI is InChI=1S/C6H9F3N2O/c1-5(6(7,8)9)10-11(2)3-4-12/h4H,3H2,1-2H3/b10-5+. The van der Waals surface area contributed by atoms with Crippen LogP contribution in [0, 0.1) is 0 Å². The van der Waals surface area contributed by atoms with E-state index in [1.165, 1.54) is 7.05 Å². The minimum Gasteiger partial charge on any atom is -0.301 e. The number of hydrogen-bond donors (Lipinski definition) is 0. The van der Waals surface area contributed by atoms with Crippen LogP contribution in [0.25, 0.3) is 0 Å². The second kappa shape index (κ2) is 4.08. The Labute approximate surface area is 67.8 Å². The maximum absolute atomic E-state index is 11.8. The van der Waals surface area contributed by atoms with Gasteiger partial charge >= 0.3 is 6.18 Å². The lowest BCUT2D eigenvalue weighted by atomic mass is 10.4. The molecule has 0 heterocycles. The third kappa shape index (κ3) is 3.95. The maximum Gasteiger partial charge on any atom is 0.430 e. The van der Waals surface area contributed by atoms with Gasteiger partial charge in [-0.3, -0.25) is 5.01 Å². The second-order valence-electron chi connectivity index (χ2n) is 2.19. The highest BCUT2D eigenvalue weighted by atomic mass is 19.4. The molecule has 0 atom stereocenters. The molecule has 0 bridgehead atoms. The zero-order chi connectivity index (χ0) is 9.78. The average Bonchev–Trinajstić information content (AvgIpc) is 1.85. The first-order valence-electron chi connectivity index (χ1n) is 3.15. The number of aldehydes is 1. The van der Waals surface area contributed by atoms with Crippen LogP contribution in [0.4, 0.5) is 13.2 Å². The van der Waals surface area contributed by atoms with Gasteiger partial charge in [-0.15, -0.1) is 0 Å². The molecule has 0 aliphatic carbocycles. The van der Waals surface area contributed by atoms with Gasteiger partial charge in [0.05, 0.1) is 6.54 Å². The van der Waals surface area contributed by atoms with Gasteiger partial charge in [0.1, 0.15) is 12.0 Å². The Morgan fingerprint density at radius 2 is 2.08 bits per heavy atom. The van der Waals surface area contributed by atoms with Gasteiger partial charge in [-0.25, -0.2) is 0 Å². The van der Waals surface area contributed by atoms with Crippen LogP contribution in [0.3, 0.4) is 0 Å². The summed E-state index contributed by atoms with van der Waals surface area (Å²) in [5.74, 6) is 0. The van der Waals surface area contributed by atoms with Crippen LogP contribution in [0.2, 0.25) is 0 Å². The maximum atomic E-state index is 11.8. The molecule has 70 valence electrons. The number of carbonyl (C=O) groups is 1. The Kier molecular flexibility index (Phi) is 3.72. The van der Waals surface area contributed by atoms with Crippen LogP contribution < -0.4 is 0 Å². The molecule has 0 amide bonds. The molecule has 0 radical (unpaired) electrons. The summed E-state index contributed by atoms with van der Waals surface area (Å²) < 4.78 is 35.4. The first kappa shape index (κ1) is 10.9. The van der Waals surface area contributed by atoms with Crippen molar-refractivity contribution in [3.8, 4) is 0 Å². The average molecular weight is 182 g/mol. The summed E-state index contributed by atoms with van der Waals surface area (Å²) in [5.41, 5.74) is -0.966. The monoisotopic (exact) mass is 182 g/mol. The minimum absolute atomic E-state index is 0.145. The fourth-order valence-electron chi connectivity index (χ4n) is 0.461. The van der Waals surface area contributed by atoms with Gasteiger partial charge in [-0.2, -0.15) is 18.3 Å². The molecular weight excluding hydrogens is 173 g/mol. The molecule has 12 heavy (non-hydrogen) atoms. The zero-order valence-electron chi connectivity index (χ0n) is 6.72. The van der Waals surface area contributed by atoms with Crippen molar-refractivity contribution in [3.63, 3.8) is 0 Å². The SMILES string of the molecule is C/C(=N\N(C)CC=O)C(F)(F)F. The largest absolute Gasteiger partial charge is 0.430 e. The fourth-order valence-corrected chi connectivity index (χ4v) is 0.461. The lowest BCUT2D eigenvalue weighted by molar-refractivity contribution is -0.108. The van der Waals surface area contributed by atoms with Crippen LogP contribution >= 0.6 is 0 Å². The van der Waals surface area contributed by atoms with Gasteiger partial charge in [0.15, 0.2) is 0 Å². The van der Waals surface area contributed by atoms with Crippen molar-refractivity contribution < 1.29 is 18.0 Å². The second-order valence-corrected chi connectivity index (χ2v) is 2.19. The third-order valence-corrected chi connectivity index (χ3v) is 1.07. The number of nitrogens with zero attached hydrogens (tertiary/aromatic N) is 2. The molecule has 6 heteroatoms. The number of rotatable bonds is 3. The summed E-state index contributed by atoms with van der Waals surface area (Å²) in [7, 11) is 1.30. The minimum atomic E-state index is -4.42. The van der Waals surface area contributed by atoms with Crippen molar-refractivity contribution in [2.75, 3.05) is 13.6 Å². The highest BCUT2D eigenvalue weighted by Crippen LogP contribution is 2.16. The normalized spacial score (nSPS) is 12.9. The highest BCUT2D eigenvalue weighted by Gasteiger charge is 2.32. The number of carbonyl (C=O) groups excluding carboxylic acids is 1. The first-order valence-corrected chi connectivity index (χ1v) is 3.15. The zero-order valence-corrected chi connectivity index (χ0v) is 6.72. The van der Waals surface area contributed by atoms with Gasteiger partial charge in [0, 0.05) is 7.05 Å². The van der Waals surface area contributed by atoms with E-state index < -0.39 is 11.9 Å². The van der Waals surface area contributed by atoms with E-state index >= 15 is 0 Å². The molecule has 0 aromatic carbocycles. The van der Waals surface area contributed by atoms with Crippen molar-refractivity contribution in [1.29, 1.82) is 0 Å². The Hall–Kier alpha value is -1.07. The van der Waals surface area contributed by atoms with Crippen LogP contribution in [0.15, 0.2) is 5.10 Å². The Morgan fingerprint density at radius 1 is 1.58 bits per heavy atom. The van der Waals surface area contributed by atoms with Gasteiger partial charge in [0.25, 0.3) is 0 Å². The number of likely N-dealkylation sites (N-methyl/N-ethyl adjacent to an activating group) is 1. The van der Waals surface area contributed by atoms with E-state index in [9.17, 15) is 18.0 Å². The van der Waals surface area contributed by atoms with Crippen molar-refractivity contribution in [2.45, 2.75) is 13.1 Å². The number of halogens is 3. The number of alkyl halides is 3. The number of hydrazone groups is 1. The summed E-state index contributed by atoms with van der Waals surface area (Å²) >= 11 is 0. The summed E-state index contributed by atoms with van der Waals surface area (Å²) in [6, 6.07) is 0. The molecule has 0 aromatic rings. The first-order chi connectivity index (χ1) is 5.38. The molecule has 0 rings (SSSR count). The topological polar surface area (TPSA) is 32.7 Å². The van der Waals surface area contributed by atoms with Gasteiger partial charge in [-0.1, -0.05) is 0 Å². The Bertz CT molecular complexity index is 188. The molecule has 0 aliphatic rings. The van der Waals surface area contributed by atoms with Gasteiger partial charge in [-0.05, 0) is 6.92 Å². The van der Waals surface area contributed by atoms with Crippen LogP contribution in [-0.4, -0.2) is 36.8 Å². The van der Waals surface area contributed by atoms with E-state index in [0.29, 0.717) is 6.29 Å². The van der Waals surface area contributed by atoms with E-state index in [-0.39, 0.29) is 6.54 Å². The van der Waals surface area contributed by atoms with E-state index in [1.54, 1.807) is 0 Å². The molecular formula is C6H9F3N2O. The van der Waals surface area contributed by atoms with Crippen molar-refractivity contribution in [2.24, 2.45) is 5.10 Å². The Balaban J connectivity index is 4.25. The molecule has 0 saturated carbocycles. The Morgan fingerprint density at radius 3 is 2.42 bits per heavy atom. The molecule has 0 fully saturated rings. The third-order valence-electron chi connectivity index (χ3n) is 1.07. The van der Waals surface area contributed by atoms with Gasteiger partial charge in [0.2, 0.25) is 0 Å². The summed E-state index contributed by atoms with van der Waals surface area (Å²) in [6.45, 7) is 0.703. The highest BCUT2D eigenvalue weighted by molar-refractivity contribution is 5.87. The fraction of sp³-hybridized carbons (Fsp3) is 0.667. The van der Waals surface area contributed by atoms with Crippen molar-refractivity contribution in [3.05, 3.63) is 0 Å². The molecule has 0 unspecified atom stereocenters. The summed E-state index contributed by atoms with van der Waals surface area (Å²) in [4.78, 5) is 9.85. The lowest BCUT2D eigenvalue weighted by Crippen LogP contribution is -2.24. The van der Waals surface area contributed by atoms with E-state index in [2.05, 4.69) is 5.10 Å². The summed E-state index contributed by atoms with van der Waals surface area (Å²) in [5, 5.41) is 4.06. The lowest BCUT2D eigenvalue weighted by Gasteiger charge is -2.11. The molecule has 0 saturated heterocycles.